The number of likely N-dealkylation sites (tertiary alicyclic amines) is 1. The van der Waals surface area contributed by atoms with Gasteiger partial charge in [-0.1, -0.05) is 30.0 Å². The van der Waals surface area contributed by atoms with Crippen LogP contribution in [0.1, 0.15) is 31.2 Å². The van der Waals surface area contributed by atoms with E-state index >= 15 is 0 Å². The highest BCUT2D eigenvalue weighted by Crippen LogP contribution is 2.28. The smallest absolute Gasteiger partial charge is 0.0605 e. The lowest BCUT2D eigenvalue weighted by Crippen LogP contribution is -2.43. The maximum absolute atomic E-state index is 3.72. The van der Waals surface area contributed by atoms with Crippen LogP contribution in [0.3, 0.4) is 0 Å². The van der Waals surface area contributed by atoms with Crippen molar-refractivity contribution in [2.24, 2.45) is 5.92 Å². The molecule has 1 saturated carbocycles. The Bertz CT molecular complexity index is 459. The minimum absolute atomic E-state index is 0.744. The van der Waals surface area contributed by atoms with Gasteiger partial charge in [-0.2, -0.15) is 0 Å². The summed E-state index contributed by atoms with van der Waals surface area (Å²) in [5, 5.41) is 3.72. The first-order valence-electron chi connectivity index (χ1n) is 7.90. The van der Waals surface area contributed by atoms with Crippen molar-refractivity contribution in [2.75, 3.05) is 26.2 Å². The fourth-order valence-corrected chi connectivity index (χ4v) is 2.73. The number of nitrogens with zero attached hydrogens (tertiary/aromatic N) is 1. The highest BCUT2D eigenvalue weighted by atomic mass is 15.1. The van der Waals surface area contributed by atoms with Gasteiger partial charge in [0.2, 0.25) is 0 Å². The van der Waals surface area contributed by atoms with Crippen LogP contribution >= 0.6 is 0 Å². The average molecular weight is 268 g/mol. The summed E-state index contributed by atoms with van der Waals surface area (Å²) in [7, 11) is 0. The van der Waals surface area contributed by atoms with Crippen LogP contribution < -0.4 is 5.32 Å². The molecule has 0 unspecified atom stereocenters. The summed E-state index contributed by atoms with van der Waals surface area (Å²) >= 11 is 0. The molecule has 0 atom stereocenters. The summed E-state index contributed by atoms with van der Waals surface area (Å²) in [6.45, 7) is 4.53. The van der Waals surface area contributed by atoms with E-state index in [0.29, 0.717) is 0 Å². The first-order valence-corrected chi connectivity index (χ1v) is 7.90. The van der Waals surface area contributed by atoms with Gasteiger partial charge in [-0.05, 0) is 50.3 Å². The fraction of sp³-hybridized carbons (Fsp3) is 0.556. The lowest BCUT2D eigenvalue weighted by molar-refractivity contribution is 0.217. The van der Waals surface area contributed by atoms with Crippen LogP contribution in [-0.2, 0) is 0 Å². The summed E-state index contributed by atoms with van der Waals surface area (Å²) in [6, 6.07) is 11.0. The van der Waals surface area contributed by atoms with Gasteiger partial charge in [0.1, 0.15) is 0 Å². The molecule has 1 aliphatic carbocycles. The van der Waals surface area contributed by atoms with E-state index in [1.807, 2.05) is 18.2 Å². The molecule has 2 heteroatoms. The number of nitrogens with one attached hydrogen (secondary N) is 1. The van der Waals surface area contributed by atoms with Crippen molar-refractivity contribution in [2.45, 2.75) is 31.7 Å². The molecule has 3 rings (SSSR count). The Balaban J connectivity index is 1.37. The molecule has 20 heavy (non-hydrogen) atoms. The maximum Gasteiger partial charge on any atom is 0.0605 e. The van der Waals surface area contributed by atoms with E-state index in [4.69, 9.17) is 0 Å². The van der Waals surface area contributed by atoms with Crippen molar-refractivity contribution in [3.05, 3.63) is 35.9 Å². The number of benzene rings is 1. The third-order valence-electron chi connectivity index (χ3n) is 4.29. The van der Waals surface area contributed by atoms with Crippen LogP contribution in [0.25, 0.3) is 0 Å². The Hall–Kier alpha value is -1.30. The third kappa shape index (κ3) is 4.37. The Labute approximate surface area is 122 Å². The van der Waals surface area contributed by atoms with E-state index < -0.39 is 0 Å². The molecule has 0 amide bonds. The van der Waals surface area contributed by atoms with Crippen LogP contribution in [0, 0.1) is 17.8 Å². The van der Waals surface area contributed by atoms with Gasteiger partial charge in [-0.3, -0.25) is 4.90 Å². The van der Waals surface area contributed by atoms with Gasteiger partial charge in [0.25, 0.3) is 0 Å². The third-order valence-corrected chi connectivity index (χ3v) is 4.29. The molecular formula is C18H24N2. The molecule has 106 valence electrons. The molecule has 1 heterocycles. The first kappa shape index (κ1) is 13.7. The second kappa shape index (κ2) is 6.92. The highest BCUT2D eigenvalue weighted by Gasteiger charge is 2.24. The SMILES string of the molecule is C(#Cc1ccccc1)CN1CCC(NCC2CC2)CC1. The van der Waals surface area contributed by atoms with E-state index in [1.165, 1.54) is 45.3 Å². The summed E-state index contributed by atoms with van der Waals surface area (Å²) in [5.74, 6) is 7.54. The van der Waals surface area contributed by atoms with Crippen LogP contribution in [0.5, 0.6) is 0 Å². The van der Waals surface area contributed by atoms with Crippen molar-refractivity contribution < 1.29 is 0 Å². The van der Waals surface area contributed by atoms with Gasteiger partial charge in [0.05, 0.1) is 6.54 Å². The van der Waals surface area contributed by atoms with Crippen LogP contribution in [0.2, 0.25) is 0 Å². The molecule has 0 radical (unpaired) electrons. The summed E-state index contributed by atoms with van der Waals surface area (Å²) in [6.07, 6.45) is 5.45. The van der Waals surface area contributed by atoms with E-state index in [2.05, 4.69) is 34.2 Å². The molecule has 0 spiro atoms. The molecule has 1 aromatic rings. The average Bonchev–Trinajstić information content (AvgIpc) is 3.32. The Morgan fingerprint density at radius 3 is 2.50 bits per heavy atom. The molecule has 0 aromatic heterocycles. The largest absolute Gasteiger partial charge is 0.314 e. The van der Waals surface area contributed by atoms with Crippen molar-refractivity contribution in [1.29, 1.82) is 0 Å². The van der Waals surface area contributed by atoms with Gasteiger partial charge in [-0.15, -0.1) is 0 Å². The van der Waals surface area contributed by atoms with E-state index in [0.717, 1.165) is 24.1 Å². The maximum atomic E-state index is 3.72. The molecule has 1 aromatic carbocycles. The fourth-order valence-electron chi connectivity index (χ4n) is 2.73. The highest BCUT2D eigenvalue weighted by molar-refractivity contribution is 5.33. The monoisotopic (exact) mass is 268 g/mol. The number of hydrogen-bond acceptors (Lipinski definition) is 2. The van der Waals surface area contributed by atoms with Crippen LogP contribution in [0.4, 0.5) is 0 Å². The molecule has 1 aliphatic heterocycles. The van der Waals surface area contributed by atoms with Crippen molar-refractivity contribution in [3.63, 3.8) is 0 Å². The molecule has 2 nitrogen and oxygen atoms in total. The number of piperidine rings is 1. The molecule has 0 bridgehead atoms. The minimum atomic E-state index is 0.744. The predicted molar refractivity (Wildman–Crippen MR) is 83.5 cm³/mol. The second-order valence-electron chi connectivity index (χ2n) is 6.07. The predicted octanol–water partition coefficient (Wildman–Crippen LogP) is 2.50. The lowest BCUT2D eigenvalue weighted by atomic mass is 10.0. The summed E-state index contributed by atoms with van der Waals surface area (Å²) < 4.78 is 0. The first-order chi connectivity index (χ1) is 9.90. The van der Waals surface area contributed by atoms with E-state index in [-0.39, 0.29) is 0 Å². The summed E-state index contributed by atoms with van der Waals surface area (Å²) in [4.78, 5) is 2.48. The zero-order valence-electron chi connectivity index (χ0n) is 12.1. The van der Waals surface area contributed by atoms with E-state index in [1.54, 1.807) is 0 Å². The van der Waals surface area contributed by atoms with Crippen molar-refractivity contribution >= 4 is 0 Å². The Kier molecular flexibility index (Phi) is 4.73. The summed E-state index contributed by atoms with van der Waals surface area (Å²) in [5.41, 5.74) is 1.12. The minimum Gasteiger partial charge on any atom is -0.314 e. The molecule has 1 N–H and O–H groups in total. The van der Waals surface area contributed by atoms with Crippen LogP contribution in [-0.4, -0.2) is 37.1 Å². The zero-order chi connectivity index (χ0) is 13.6. The van der Waals surface area contributed by atoms with Crippen molar-refractivity contribution in [3.8, 4) is 11.8 Å². The van der Waals surface area contributed by atoms with Crippen molar-refractivity contribution in [1.82, 2.24) is 10.2 Å². The van der Waals surface area contributed by atoms with Gasteiger partial charge >= 0.3 is 0 Å². The Morgan fingerprint density at radius 1 is 1.05 bits per heavy atom. The normalized spacial score (nSPS) is 20.4. The quantitative estimate of drug-likeness (QED) is 0.844. The second-order valence-corrected chi connectivity index (χ2v) is 6.07. The lowest BCUT2D eigenvalue weighted by Gasteiger charge is -2.31. The standard InChI is InChI=1S/C18H24N2/c1-2-5-16(6-3-1)7-4-12-20-13-10-18(11-14-20)19-15-17-8-9-17/h1-3,5-6,17-19H,8-15H2. The molecule has 1 saturated heterocycles. The zero-order valence-corrected chi connectivity index (χ0v) is 12.1. The number of hydrogen-bond donors (Lipinski definition) is 1. The van der Waals surface area contributed by atoms with Gasteiger partial charge in [-0.25, -0.2) is 0 Å². The molecule has 2 fully saturated rings. The molecular weight excluding hydrogens is 244 g/mol. The molecule has 2 aliphatic rings. The van der Waals surface area contributed by atoms with Gasteiger partial charge in [0, 0.05) is 24.7 Å². The topological polar surface area (TPSA) is 15.3 Å². The number of rotatable bonds is 4. The van der Waals surface area contributed by atoms with Gasteiger partial charge < -0.3 is 5.32 Å². The Morgan fingerprint density at radius 2 is 1.80 bits per heavy atom. The van der Waals surface area contributed by atoms with Crippen LogP contribution in [0.15, 0.2) is 30.3 Å². The van der Waals surface area contributed by atoms with E-state index in [9.17, 15) is 0 Å². The van der Waals surface area contributed by atoms with Gasteiger partial charge in [0.15, 0.2) is 0 Å².